The van der Waals surface area contributed by atoms with Crippen LogP contribution < -0.4 is 20.5 Å². The van der Waals surface area contributed by atoms with E-state index >= 15 is 0 Å². The second kappa shape index (κ2) is 10.4. The van der Waals surface area contributed by atoms with Crippen LogP contribution in [0.15, 0.2) is 18.2 Å². The van der Waals surface area contributed by atoms with Crippen molar-refractivity contribution in [3.8, 4) is 11.5 Å². The summed E-state index contributed by atoms with van der Waals surface area (Å²) in [7, 11) is 0. The first kappa shape index (κ1) is 21.4. The smallest absolute Gasteiger partial charge is 0.387 e. The number of nitrogens with one attached hydrogen (secondary N) is 1. The molecule has 142 valence electrons. The van der Waals surface area contributed by atoms with Crippen molar-refractivity contribution in [2.24, 2.45) is 11.7 Å². The number of ether oxygens (including phenoxy) is 2. The van der Waals surface area contributed by atoms with E-state index < -0.39 is 6.61 Å². The minimum Gasteiger partial charge on any atom is -0.490 e. The monoisotopic (exact) mass is 378 g/mol. The van der Waals surface area contributed by atoms with E-state index in [1.54, 1.807) is 25.1 Å². The number of carbonyl (C=O) groups is 1. The molecular weight excluding hydrogens is 354 g/mol. The molecule has 1 aliphatic rings. The van der Waals surface area contributed by atoms with Crippen molar-refractivity contribution in [1.82, 2.24) is 5.32 Å². The predicted octanol–water partition coefficient (Wildman–Crippen LogP) is 3.24. The van der Waals surface area contributed by atoms with Gasteiger partial charge >= 0.3 is 6.61 Å². The van der Waals surface area contributed by atoms with Crippen LogP contribution in [0.2, 0.25) is 0 Å². The molecule has 5 nitrogen and oxygen atoms in total. The summed E-state index contributed by atoms with van der Waals surface area (Å²) < 4.78 is 35.3. The van der Waals surface area contributed by atoms with Gasteiger partial charge in [-0.05, 0) is 32.3 Å². The maximum absolute atomic E-state index is 12.7. The van der Waals surface area contributed by atoms with Crippen molar-refractivity contribution in [1.29, 1.82) is 0 Å². The SMILES string of the molecule is CCOc1cccc(CNC(=O)C2CCCC(N)C2)c1OC(F)F.Cl. The fourth-order valence-corrected chi connectivity index (χ4v) is 2.98. The van der Waals surface area contributed by atoms with Gasteiger partial charge in [-0.25, -0.2) is 0 Å². The van der Waals surface area contributed by atoms with Gasteiger partial charge in [-0.3, -0.25) is 4.79 Å². The molecule has 1 aromatic carbocycles. The van der Waals surface area contributed by atoms with Crippen LogP contribution in [0.4, 0.5) is 8.78 Å². The van der Waals surface area contributed by atoms with Crippen LogP contribution in [0.1, 0.15) is 38.2 Å². The molecule has 0 spiro atoms. The Morgan fingerprint density at radius 1 is 1.40 bits per heavy atom. The number of halogens is 3. The lowest BCUT2D eigenvalue weighted by Gasteiger charge is -2.25. The molecule has 0 heterocycles. The Kier molecular flexibility index (Phi) is 8.92. The highest BCUT2D eigenvalue weighted by atomic mass is 35.5. The van der Waals surface area contributed by atoms with Crippen LogP contribution >= 0.6 is 12.4 Å². The molecule has 8 heteroatoms. The summed E-state index contributed by atoms with van der Waals surface area (Å²) in [6.07, 6.45) is 3.33. The van der Waals surface area contributed by atoms with Gasteiger partial charge in [0.1, 0.15) is 0 Å². The highest BCUT2D eigenvalue weighted by Crippen LogP contribution is 2.33. The van der Waals surface area contributed by atoms with Gasteiger partial charge in [0.25, 0.3) is 0 Å². The topological polar surface area (TPSA) is 73.6 Å². The van der Waals surface area contributed by atoms with Crippen molar-refractivity contribution in [3.63, 3.8) is 0 Å². The zero-order chi connectivity index (χ0) is 17.5. The van der Waals surface area contributed by atoms with Crippen LogP contribution in [0, 0.1) is 5.92 Å². The molecule has 3 N–H and O–H groups in total. The highest BCUT2D eigenvalue weighted by Gasteiger charge is 2.25. The number of alkyl halides is 2. The summed E-state index contributed by atoms with van der Waals surface area (Å²) in [5, 5.41) is 2.80. The standard InChI is InChI=1S/C17H24F2N2O3.ClH/c1-2-23-14-8-4-6-12(15(14)24-17(18)19)10-21-16(22)11-5-3-7-13(20)9-11;/h4,6,8,11,13,17H,2-3,5,7,9-10,20H2,1H3,(H,21,22);1H. The summed E-state index contributed by atoms with van der Waals surface area (Å²) in [6.45, 7) is -0.770. The quantitative estimate of drug-likeness (QED) is 0.763. The van der Waals surface area contributed by atoms with E-state index in [9.17, 15) is 13.6 Å². The van der Waals surface area contributed by atoms with E-state index in [1.165, 1.54) is 0 Å². The van der Waals surface area contributed by atoms with Gasteiger partial charge < -0.3 is 20.5 Å². The highest BCUT2D eigenvalue weighted by molar-refractivity contribution is 5.85. The summed E-state index contributed by atoms with van der Waals surface area (Å²) in [5.74, 6) is -0.0162. The minimum atomic E-state index is -2.96. The molecule has 2 rings (SSSR count). The maximum Gasteiger partial charge on any atom is 0.387 e. The molecule has 1 aromatic rings. The van der Waals surface area contributed by atoms with Crippen LogP contribution in [-0.4, -0.2) is 25.2 Å². The first-order valence-electron chi connectivity index (χ1n) is 8.24. The van der Waals surface area contributed by atoms with E-state index in [0.717, 1.165) is 19.3 Å². The van der Waals surface area contributed by atoms with Crippen LogP contribution in [-0.2, 0) is 11.3 Å². The fraction of sp³-hybridized carbons (Fsp3) is 0.588. The zero-order valence-corrected chi connectivity index (χ0v) is 15.0. The summed E-state index contributed by atoms with van der Waals surface area (Å²) in [6, 6.07) is 4.93. The molecule has 1 fully saturated rings. The second-order valence-electron chi connectivity index (χ2n) is 5.90. The lowest BCUT2D eigenvalue weighted by Crippen LogP contribution is -2.37. The fourth-order valence-electron chi connectivity index (χ4n) is 2.98. The van der Waals surface area contributed by atoms with E-state index in [0.29, 0.717) is 18.6 Å². The number of rotatable bonds is 7. The molecule has 0 radical (unpaired) electrons. The number of para-hydroxylation sites is 1. The number of carbonyl (C=O) groups excluding carboxylic acids is 1. The van der Waals surface area contributed by atoms with Gasteiger partial charge in [0.05, 0.1) is 6.61 Å². The second-order valence-corrected chi connectivity index (χ2v) is 5.90. The number of hydrogen-bond donors (Lipinski definition) is 2. The molecule has 0 aromatic heterocycles. The summed E-state index contributed by atoms with van der Waals surface area (Å²) in [4.78, 5) is 12.3. The molecule has 1 aliphatic carbocycles. The van der Waals surface area contributed by atoms with Gasteiger partial charge in [-0.1, -0.05) is 18.6 Å². The first-order valence-corrected chi connectivity index (χ1v) is 8.24. The van der Waals surface area contributed by atoms with Gasteiger partial charge in [-0.2, -0.15) is 8.78 Å². The number of nitrogens with two attached hydrogens (primary N) is 1. The summed E-state index contributed by atoms with van der Waals surface area (Å²) >= 11 is 0. The lowest BCUT2D eigenvalue weighted by molar-refractivity contribution is -0.126. The average molecular weight is 379 g/mol. The number of benzene rings is 1. The van der Waals surface area contributed by atoms with Gasteiger partial charge in [-0.15, -0.1) is 12.4 Å². The van der Waals surface area contributed by atoms with Crippen LogP contribution in [0.25, 0.3) is 0 Å². The molecule has 0 aliphatic heterocycles. The van der Waals surface area contributed by atoms with Crippen molar-refractivity contribution in [3.05, 3.63) is 23.8 Å². The van der Waals surface area contributed by atoms with E-state index in [-0.39, 0.29) is 48.3 Å². The van der Waals surface area contributed by atoms with Crippen molar-refractivity contribution in [2.45, 2.75) is 51.8 Å². The lowest BCUT2D eigenvalue weighted by atomic mass is 9.85. The van der Waals surface area contributed by atoms with Crippen molar-refractivity contribution < 1.29 is 23.0 Å². The predicted molar refractivity (Wildman–Crippen MR) is 93.3 cm³/mol. The van der Waals surface area contributed by atoms with E-state index in [2.05, 4.69) is 10.1 Å². The normalized spacial score (nSPS) is 19.9. The molecular formula is C17H25ClF2N2O3. The van der Waals surface area contributed by atoms with Gasteiger partial charge in [0, 0.05) is 24.1 Å². The van der Waals surface area contributed by atoms with Gasteiger partial charge in [0.15, 0.2) is 11.5 Å². The third-order valence-corrected chi connectivity index (χ3v) is 4.11. The molecule has 0 saturated heterocycles. The third kappa shape index (κ3) is 6.32. The Bertz CT molecular complexity index is 561. The number of hydrogen-bond acceptors (Lipinski definition) is 4. The Labute approximate surface area is 152 Å². The third-order valence-electron chi connectivity index (χ3n) is 4.11. The zero-order valence-electron chi connectivity index (χ0n) is 14.2. The number of amides is 1. The maximum atomic E-state index is 12.7. The molecule has 1 amide bonds. The molecule has 2 unspecified atom stereocenters. The average Bonchev–Trinajstić information content (AvgIpc) is 2.54. The minimum absolute atomic E-state index is 0. The molecule has 25 heavy (non-hydrogen) atoms. The van der Waals surface area contributed by atoms with Crippen LogP contribution in [0.3, 0.4) is 0 Å². The summed E-state index contributed by atoms with van der Waals surface area (Å²) in [5.41, 5.74) is 6.36. The first-order chi connectivity index (χ1) is 11.5. The Morgan fingerprint density at radius 3 is 2.80 bits per heavy atom. The molecule has 2 atom stereocenters. The van der Waals surface area contributed by atoms with Crippen LogP contribution in [0.5, 0.6) is 11.5 Å². The Hall–Kier alpha value is -1.60. The van der Waals surface area contributed by atoms with Crippen molar-refractivity contribution >= 4 is 18.3 Å². The van der Waals surface area contributed by atoms with Crippen molar-refractivity contribution in [2.75, 3.05) is 6.61 Å². The Balaban J connectivity index is 0.00000312. The van der Waals surface area contributed by atoms with E-state index in [4.69, 9.17) is 10.5 Å². The molecule has 0 bridgehead atoms. The van der Waals surface area contributed by atoms with E-state index in [1.807, 2.05) is 0 Å². The van der Waals surface area contributed by atoms with Gasteiger partial charge in [0.2, 0.25) is 5.91 Å². The largest absolute Gasteiger partial charge is 0.490 e. The Morgan fingerprint density at radius 2 is 2.16 bits per heavy atom. The molecule has 1 saturated carbocycles.